The van der Waals surface area contributed by atoms with Crippen LogP contribution in [0.4, 0.5) is 0 Å². The topological polar surface area (TPSA) is 51.3 Å². The number of ether oxygens (including phenoxy) is 2. The smallest absolute Gasteiger partial charge is 0.337 e. The van der Waals surface area contributed by atoms with Gasteiger partial charge in [-0.25, -0.2) is 4.79 Å². The summed E-state index contributed by atoms with van der Waals surface area (Å²) < 4.78 is 10.4. The third kappa shape index (κ3) is 2.71. The molecular formula is C14H15NO3. The van der Waals surface area contributed by atoms with Gasteiger partial charge in [0.1, 0.15) is 11.9 Å². The Kier molecular flexibility index (Phi) is 3.67. The number of H-pyrrole nitrogens is 1. The number of hydrogen-bond acceptors (Lipinski definition) is 3. The van der Waals surface area contributed by atoms with Crippen LogP contribution in [-0.4, -0.2) is 18.1 Å². The molecule has 94 valence electrons. The Labute approximate surface area is 106 Å². The van der Waals surface area contributed by atoms with Gasteiger partial charge in [0.2, 0.25) is 0 Å². The van der Waals surface area contributed by atoms with Crippen molar-refractivity contribution in [2.75, 3.05) is 7.11 Å². The second-order valence-electron chi connectivity index (χ2n) is 3.90. The Morgan fingerprint density at radius 3 is 2.50 bits per heavy atom. The fourth-order valence-electron chi connectivity index (χ4n) is 1.65. The molecule has 0 saturated heterocycles. The number of esters is 1. The molecular weight excluding hydrogens is 230 g/mol. The van der Waals surface area contributed by atoms with Gasteiger partial charge >= 0.3 is 5.97 Å². The van der Waals surface area contributed by atoms with Crippen LogP contribution in [-0.2, 0) is 4.74 Å². The molecule has 0 spiro atoms. The summed E-state index contributed by atoms with van der Waals surface area (Å²) in [6, 6.07) is 10.8. The molecule has 0 fully saturated rings. The summed E-state index contributed by atoms with van der Waals surface area (Å²) in [5.74, 6) is 0.365. The molecule has 2 rings (SSSR count). The van der Waals surface area contributed by atoms with Crippen LogP contribution in [0.1, 0.15) is 29.1 Å². The van der Waals surface area contributed by atoms with Crippen molar-refractivity contribution in [2.45, 2.75) is 13.0 Å². The molecule has 4 heteroatoms. The van der Waals surface area contributed by atoms with Gasteiger partial charge < -0.3 is 14.5 Å². The van der Waals surface area contributed by atoms with Crippen molar-refractivity contribution >= 4 is 5.97 Å². The number of hydrogen-bond donors (Lipinski definition) is 1. The van der Waals surface area contributed by atoms with E-state index in [4.69, 9.17) is 4.74 Å². The fourth-order valence-corrected chi connectivity index (χ4v) is 1.65. The standard InChI is InChI=1S/C14H15NO3/c1-10(13-4-3-9-15-13)18-12-7-5-11(6-8-12)14(16)17-2/h3-10,15H,1-2H3. The van der Waals surface area contributed by atoms with Gasteiger partial charge in [-0.2, -0.15) is 0 Å². The highest BCUT2D eigenvalue weighted by Crippen LogP contribution is 2.21. The van der Waals surface area contributed by atoms with E-state index < -0.39 is 0 Å². The van der Waals surface area contributed by atoms with Crippen LogP contribution < -0.4 is 4.74 Å². The summed E-state index contributed by atoms with van der Waals surface area (Å²) in [6.45, 7) is 1.96. The third-order valence-electron chi connectivity index (χ3n) is 2.65. The maximum atomic E-state index is 11.3. The molecule has 0 radical (unpaired) electrons. The van der Waals surface area contributed by atoms with E-state index in [1.165, 1.54) is 7.11 Å². The van der Waals surface area contributed by atoms with Gasteiger partial charge in [0.15, 0.2) is 0 Å². The van der Waals surface area contributed by atoms with E-state index in [1.54, 1.807) is 24.3 Å². The van der Waals surface area contributed by atoms with Gasteiger partial charge in [0.25, 0.3) is 0 Å². The number of rotatable bonds is 4. The molecule has 0 aliphatic rings. The van der Waals surface area contributed by atoms with Gasteiger partial charge in [-0.1, -0.05) is 0 Å². The quantitative estimate of drug-likeness (QED) is 0.842. The summed E-state index contributed by atoms with van der Waals surface area (Å²) >= 11 is 0. The molecule has 0 bridgehead atoms. The van der Waals surface area contributed by atoms with Crippen LogP contribution in [0.25, 0.3) is 0 Å². The molecule has 1 atom stereocenters. The number of aromatic nitrogens is 1. The van der Waals surface area contributed by atoms with Crippen molar-refractivity contribution in [1.29, 1.82) is 0 Å². The lowest BCUT2D eigenvalue weighted by atomic mass is 10.2. The minimum Gasteiger partial charge on any atom is -0.485 e. The molecule has 1 N–H and O–H groups in total. The highest BCUT2D eigenvalue weighted by molar-refractivity contribution is 5.89. The Balaban J connectivity index is 2.04. The predicted molar refractivity (Wildman–Crippen MR) is 67.6 cm³/mol. The first kappa shape index (κ1) is 12.2. The van der Waals surface area contributed by atoms with Crippen LogP contribution in [0.3, 0.4) is 0 Å². The zero-order valence-electron chi connectivity index (χ0n) is 10.3. The third-order valence-corrected chi connectivity index (χ3v) is 2.65. The lowest BCUT2D eigenvalue weighted by Crippen LogP contribution is -2.04. The molecule has 0 aliphatic heterocycles. The van der Waals surface area contributed by atoms with Gasteiger partial charge in [0.05, 0.1) is 18.4 Å². The van der Waals surface area contributed by atoms with E-state index in [1.807, 2.05) is 25.3 Å². The molecule has 1 heterocycles. The summed E-state index contributed by atoms with van der Waals surface area (Å²) in [4.78, 5) is 14.4. The maximum Gasteiger partial charge on any atom is 0.337 e. The number of aromatic amines is 1. The van der Waals surface area contributed by atoms with Crippen molar-refractivity contribution in [1.82, 2.24) is 4.98 Å². The molecule has 0 saturated carbocycles. The van der Waals surface area contributed by atoms with E-state index in [9.17, 15) is 4.79 Å². The highest BCUT2D eigenvalue weighted by Gasteiger charge is 2.09. The minimum atomic E-state index is -0.348. The lowest BCUT2D eigenvalue weighted by molar-refractivity contribution is 0.0600. The van der Waals surface area contributed by atoms with Crippen molar-refractivity contribution in [3.63, 3.8) is 0 Å². The predicted octanol–water partition coefficient (Wildman–Crippen LogP) is 2.94. The normalized spacial score (nSPS) is 11.9. The Bertz CT molecular complexity index is 502. The molecule has 18 heavy (non-hydrogen) atoms. The molecule has 1 unspecified atom stereocenters. The average Bonchev–Trinajstić information content (AvgIpc) is 2.92. The highest BCUT2D eigenvalue weighted by atomic mass is 16.5. The van der Waals surface area contributed by atoms with E-state index in [0.717, 1.165) is 5.69 Å². The first-order valence-corrected chi connectivity index (χ1v) is 5.69. The number of carbonyl (C=O) groups is 1. The van der Waals surface area contributed by atoms with Gasteiger partial charge in [-0.3, -0.25) is 0 Å². The molecule has 1 aromatic carbocycles. The van der Waals surface area contributed by atoms with Crippen molar-refractivity contribution in [2.24, 2.45) is 0 Å². The number of methoxy groups -OCH3 is 1. The van der Waals surface area contributed by atoms with Gasteiger partial charge in [-0.05, 0) is 43.3 Å². The van der Waals surface area contributed by atoms with Crippen LogP contribution in [0.5, 0.6) is 5.75 Å². The second-order valence-corrected chi connectivity index (χ2v) is 3.90. The van der Waals surface area contributed by atoms with Crippen LogP contribution in [0.15, 0.2) is 42.6 Å². The zero-order valence-corrected chi connectivity index (χ0v) is 10.3. The summed E-state index contributed by atoms with van der Waals surface area (Å²) in [5, 5.41) is 0. The lowest BCUT2D eigenvalue weighted by Gasteiger charge is -2.13. The first-order valence-electron chi connectivity index (χ1n) is 5.69. The van der Waals surface area contributed by atoms with E-state index in [2.05, 4.69) is 9.72 Å². The Morgan fingerprint density at radius 2 is 1.94 bits per heavy atom. The summed E-state index contributed by atoms with van der Waals surface area (Å²) in [5.41, 5.74) is 1.52. The molecule has 1 aromatic heterocycles. The van der Waals surface area contributed by atoms with Crippen molar-refractivity contribution in [3.05, 3.63) is 53.9 Å². The van der Waals surface area contributed by atoms with Crippen LogP contribution in [0.2, 0.25) is 0 Å². The summed E-state index contributed by atoms with van der Waals surface area (Å²) in [6.07, 6.45) is 1.79. The number of nitrogens with one attached hydrogen (secondary N) is 1. The second kappa shape index (κ2) is 5.40. The largest absolute Gasteiger partial charge is 0.485 e. The number of carbonyl (C=O) groups excluding carboxylic acids is 1. The monoisotopic (exact) mass is 245 g/mol. The fraction of sp³-hybridized carbons (Fsp3) is 0.214. The zero-order chi connectivity index (χ0) is 13.0. The molecule has 4 nitrogen and oxygen atoms in total. The molecule has 2 aromatic rings. The van der Waals surface area contributed by atoms with E-state index in [-0.39, 0.29) is 12.1 Å². The Morgan fingerprint density at radius 1 is 1.22 bits per heavy atom. The Hall–Kier alpha value is -2.23. The van der Waals surface area contributed by atoms with Crippen LogP contribution in [0, 0.1) is 0 Å². The van der Waals surface area contributed by atoms with Crippen LogP contribution >= 0.6 is 0 Å². The van der Waals surface area contributed by atoms with Gasteiger partial charge in [-0.15, -0.1) is 0 Å². The minimum absolute atomic E-state index is 0.0658. The number of benzene rings is 1. The summed E-state index contributed by atoms with van der Waals surface area (Å²) in [7, 11) is 1.36. The maximum absolute atomic E-state index is 11.3. The molecule has 0 aliphatic carbocycles. The van der Waals surface area contributed by atoms with E-state index in [0.29, 0.717) is 11.3 Å². The SMILES string of the molecule is COC(=O)c1ccc(OC(C)c2ccc[nH]2)cc1. The van der Waals surface area contributed by atoms with E-state index >= 15 is 0 Å². The van der Waals surface area contributed by atoms with Crippen molar-refractivity contribution in [3.8, 4) is 5.75 Å². The van der Waals surface area contributed by atoms with Gasteiger partial charge in [0, 0.05) is 6.20 Å². The van der Waals surface area contributed by atoms with Crippen molar-refractivity contribution < 1.29 is 14.3 Å². The average molecular weight is 245 g/mol. The molecule has 0 amide bonds. The first-order chi connectivity index (χ1) is 8.70.